The summed E-state index contributed by atoms with van der Waals surface area (Å²) in [6, 6.07) is 11.1. The van der Waals surface area contributed by atoms with E-state index in [0.717, 1.165) is 17.0 Å². The van der Waals surface area contributed by atoms with Crippen LogP contribution in [0.15, 0.2) is 48.8 Å². The number of benzene rings is 1. The maximum Gasteiger partial charge on any atom is 0.257 e. The van der Waals surface area contributed by atoms with Gasteiger partial charge in [0.1, 0.15) is 11.8 Å². The molecule has 0 radical (unpaired) electrons. The van der Waals surface area contributed by atoms with Crippen molar-refractivity contribution >= 4 is 28.8 Å². The summed E-state index contributed by atoms with van der Waals surface area (Å²) < 4.78 is 1.90. The van der Waals surface area contributed by atoms with Crippen molar-refractivity contribution in [3.63, 3.8) is 0 Å². The van der Waals surface area contributed by atoms with Crippen molar-refractivity contribution in [2.75, 3.05) is 12.4 Å². The van der Waals surface area contributed by atoms with E-state index in [1.54, 1.807) is 30.4 Å². The highest BCUT2D eigenvalue weighted by Gasteiger charge is 2.31. The molecule has 0 spiro atoms. The number of hydrogen-bond acceptors (Lipinski definition) is 3. The van der Waals surface area contributed by atoms with Gasteiger partial charge in [0.05, 0.1) is 22.5 Å². The Morgan fingerprint density at radius 3 is 2.91 bits per heavy atom. The van der Waals surface area contributed by atoms with E-state index >= 15 is 0 Å². The molecule has 3 aromatic rings. The third kappa shape index (κ3) is 1.86. The minimum absolute atomic E-state index is 0.0173. The smallest absolute Gasteiger partial charge is 0.257 e. The maximum absolute atomic E-state index is 12.6. The van der Waals surface area contributed by atoms with E-state index in [2.05, 4.69) is 10.3 Å². The van der Waals surface area contributed by atoms with Gasteiger partial charge < -0.3 is 10.2 Å². The number of carbonyl (C=O) groups is 1. The summed E-state index contributed by atoms with van der Waals surface area (Å²) in [5, 5.41) is 4.01. The van der Waals surface area contributed by atoms with Gasteiger partial charge in [0.2, 0.25) is 0 Å². The summed E-state index contributed by atoms with van der Waals surface area (Å²) >= 11 is 6.08. The SMILES string of the molecule is CN1C(=O)c2ccccc2N[C@@H]1c1cnc2ccc(Cl)cn12. The predicted octanol–water partition coefficient (Wildman–Crippen LogP) is 3.18. The lowest BCUT2D eigenvalue weighted by Gasteiger charge is -2.34. The van der Waals surface area contributed by atoms with Crippen LogP contribution in [0.2, 0.25) is 5.02 Å². The zero-order chi connectivity index (χ0) is 15.3. The Hall–Kier alpha value is -2.53. The molecule has 3 heterocycles. The maximum atomic E-state index is 12.6. The van der Waals surface area contributed by atoms with E-state index in [4.69, 9.17) is 11.6 Å². The second-order valence-corrected chi connectivity index (χ2v) is 5.70. The number of para-hydroxylation sites is 1. The van der Waals surface area contributed by atoms with Gasteiger partial charge >= 0.3 is 0 Å². The number of nitrogens with one attached hydrogen (secondary N) is 1. The molecule has 0 saturated carbocycles. The first-order chi connectivity index (χ1) is 10.6. The van der Waals surface area contributed by atoms with Crippen molar-refractivity contribution in [1.29, 1.82) is 0 Å². The molecule has 4 rings (SSSR count). The number of rotatable bonds is 1. The summed E-state index contributed by atoms with van der Waals surface area (Å²) in [5.74, 6) is -0.0173. The van der Waals surface area contributed by atoms with E-state index in [1.165, 1.54) is 0 Å². The molecule has 5 nitrogen and oxygen atoms in total. The first-order valence-electron chi connectivity index (χ1n) is 6.90. The second kappa shape index (κ2) is 4.74. The summed E-state index contributed by atoms with van der Waals surface area (Å²) in [4.78, 5) is 18.6. The van der Waals surface area contributed by atoms with Crippen molar-refractivity contribution < 1.29 is 4.79 Å². The van der Waals surface area contributed by atoms with Gasteiger partial charge in [-0.3, -0.25) is 9.20 Å². The highest BCUT2D eigenvalue weighted by Crippen LogP contribution is 2.32. The van der Waals surface area contributed by atoms with E-state index in [-0.39, 0.29) is 12.1 Å². The molecule has 1 aromatic carbocycles. The molecule has 1 atom stereocenters. The topological polar surface area (TPSA) is 49.6 Å². The molecule has 110 valence electrons. The lowest BCUT2D eigenvalue weighted by atomic mass is 10.1. The molecule has 0 bridgehead atoms. The van der Waals surface area contributed by atoms with E-state index in [1.807, 2.05) is 34.7 Å². The fraction of sp³-hybridized carbons (Fsp3) is 0.125. The van der Waals surface area contributed by atoms with Crippen LogP contribution in [0.3, 0.4) is 0 Å². The monoisotopic (exact) mass is 312 g/mol. The van der Waals surface area contributed by atoms with Gasteiger partial charge in [-0.05, 0) is 24.3 Å². The lowest BCUT2D eigenvalue weighted by molar-refractivity contribution is 0.0732. The number of fused-ring (bicyclic) bond motifs is 2. The van der Waals surface area contributed by atoms with E-state index in [0.29, 0.717) is 10.6 Å². The zero-order valence-electron chi connectivity index (χ0n) is 11.8. The molecule has 6 heteroatoms. The van der Waals surface area contributed by atoms with Gasteiger partial charge in [0.25, 0.3) is 5.91 Å². The summed E-state index contributed by atoms with van der Waals surface area (Å²) in [5.41, 5.74) is 3.16. The van der Waals surface area contributed by atoms with Crippen LogP contribution < -0.4 is 5.32 Å². The fourth-order valence-corrected chi connectivity index (χ4v) is 2.96. The molecule has 0 unspecified atom stereocenters. The average Bonchev–Trinajstić information content (AvgIpc) is 2.94. The average molecular weight is 313 g/mol. The van der Waals surface area contributed by atoms with Crippen LogP contribution >= 0.6 is 11.6 Å². The third-order valence-electron chi connectivity index (χ3n) is 3.94. The number of pyridine rings is 1. The lowest BCUT2D eigenvalue weighted by Crippen LogP contribution is -2.40. The van der Waals surface area contributed by atoms with Gasteiger partial charge in [0.15, 0.2) is 0 Å². The second-order valence-electron chi connectivity index (χ2n) is 5.27. The highest BCUT2D eigenvalue weighted by atomic mass is 35.5. The largest absolute Gasteiger partial charge is 0.359 e. The molecule has 0 aliphatic carbocycles. The van der Waals surface area contributed by atoms with Crippen molar-refractivity contribution in [3.8, 4) is 0 Å². The predicted molar refractivity (Wildman–Crippen MR) is 85.1 cm³/mol. The first kappa shape index (κ1) is 13.2. The van der Waals surface area contributed by atoms with E-state index in [9.17, 15) is 4.79 Å². The number of nitrogens with zero attached hydrogens (tertiary/aromatic N) is 3. The van der Waals surface area contributed by atoms with Crippen LogP contribution in [0.4, 0.5) is 5.69 Å². The van der Waals surface area contributed by atoms with Crippen LogP contribution in [0, 0.1) is 0 Å². The third-order valence-corrected chi connectivity index (χ3v) is 4.16. The number of amides is 1. The molecule has 22 heavy (non-hydrogen) atoms. The minimum Gasteiger partial charge on any atom is -0.359 e. The van der Waals surface area contributed by atoms with E-state index < -0.39 is 0 Å². The van der Waals surface area contributed by atoms with Crippen LogP contribution in [-0.4, -0.2) is 27.2 Å². The highest BCUT2D eigenvalue weighted by molar-refractivity contribution is 6.30. The Morgan fingerprint density at radius 2 is 2.05 bits per heavy atom. The Labute approximate surface area is 132 Å². The molecule has 1 N–H and O–H groups in total. The van der Waals surface area contributed by atoms with Gasteiger partial charge in [0, 0.05) is 18.9 Å². The number of hydrogen-bond donors (Lipinski definition) is 1. The molecular weight excluding hydrogens is 300 g/mol. The molecule has 1 amide bonds. The van der Waals surface area contributed by atoms with Crippen LogP contribution in [0.25, 0.3) is 5.65 Å². The summed E-state index contributed by atoms with van der Waals surface area (Å²) in [6.45, 7) is 0. The normalized spacial score (nSPS) is 17.5. The number of imidazole rings is 1. The number of carbonyl (C=O) groups excluding carboxylic acids is 1. The molecule has 1 aliphatic heterocycles. The molecule has 0 saturated heterocycles. The number of anilines is 1. The summed E-state index contributed by atoms with van der Waals surface area (Å²) in [6.07, 6.45) is 3.27. The molecule has 2 aromatic heterocycles. The van der Waals surface area contributed by atoms with Gasteiger partial charge in [-0.2, -0.15) is 0 Å². The molecule has 0 fully saturated rings. The van der Waals surface area contributed by atoms with Crippen LogP contribution in [-0.2, 0) is 0 Å². The quantitative estimate of drug-likeness (QED) is 0.751. The fourth-order valence-electron chi connectivity index (χ4n) is 2.79. The number of aromatic nitrogens is 2. The zero-order valence-corrected chi connectivity index (χ0v) is 12.6. The molecular formula is C16H13ClN4O. The van der Waals surface area contributed by atoms with Gasteiger partial charge in [-0.15, -0.1) is 0 Å². The van der Waals surface area contributed by atoms with Crippen LogP contribution in [0.1, 0.15) is 22.2 Å². The van der Waals surface area contributed by atoms with Crippen LogP contribution in [0.5, 0.6) is 0 Å². The van der Waals surface area contributed by atoms with Gasteiger partial charge in [-0.1, -0.05) is 23.7 Å². The van der Waals surface area contributed by atoms with Crippen molar-refractivity contribution in [1.82, 2.24) is 14.3 Å². The van der Waals surface area contributed by atoms with Crippen molar-refractivity contribution in [3.05, 3.63) is 65.1 Å². The summed E-state index contributed by atoms with van der Waals surface area (Å²) in [7, 11) is 1.78. The first-order valence-corrected chi connectivity index (χ1v) is 7.28. The Kier molecular flexibility index (Phi) is 2.84. The standard InChI is InChI=1S/C16H13ClN4O/c1-20-15(19-12-5-3-2-4-11(12)16(20)22)13-8-18-14-7-6-10(17)9-21(13)14/h2-9,15,19H,1H3/t15-/m0/s1. The van der Waals surface area contributed by atoms with Gasteiger partial charge in [-0.25, -0.2) is 4.98 Å². The Morgan fingerprint density at radius 1 is 1.23 bits per heavy atom. The van der Waals surface area contributed by atoms with Crippen molar-refractivity contribution in [2.45, 2.75) is 6.17 Å². The minimum atomic E-state index is -0.295. The Bertz CT molecular complexity index is 889. The van der Waals surface area contributed by atoms with Crippen molar-refractivity contribution in [2.24, 2.45) is 0 Å². The molecule has 1 aliphatic rings. The number of halogens is 1. The Balaban J connectivity index is 1.85.